The number of carbonyl (C=O) groups excluding carboxylic acids is 1. The highest BCUT2D eigenvalue weighted by molar-refractivity contribution is 7.98. The Hall–Kier alpha value is -1.89. The van der Waals surface area contributed by atoms with Crippen molar-refractivity contribution in [2.75, 3.05) is 7.11 Å². The van der Waals surface area contributed by atoms with Gasteiger partial charge in [-0.3, -0.25) is 0 Å². The number of rotatable bonds is 4. The van der Waals surface area contributed by atoms with E-state index < -0.39 is 0 Å². The van der Waals surface area contributed by atoms with Crippen LogP contribution >= 0.6 is 11.8 Å². The zero-order chi connectivity index (χ0) is 13.0. The summed E-state index contributed by atoms with van der Waals surface area (Å²) in [5, 5.41) is 11.9. The summed E-state index contributed by atoms with van der Waals surface area (Å²) in [6.45, 7) is 0. The van der Waals surface area contributed by atoms with Crippen LogP contribution in [0.4, 0.5) is 0 Å². The number of aromatic nitrogens is 4. The first kappa shape index (κ1) is 12.6. The average Bonchev–Trinajstić information content (AvgIpc) is 2.81. The van der Waals surface area contributed by atoms with E-state index >= 15 is 0 Å². The topological polar surface area (TPSA) is 69.9 Å². The molecule has 0 saturated carbocycles. The molecular formula is C11H12N4O2S. The van der Waals surface area contributed by atoms with Crippen molar-refractivity contribution >= 4 is 17.7 Å². The van der Waals surface area contributed by atoms with Crippen LogP contribution in [0, 0.1) is 0 Å². The van der Waals surface area contributed by atoms with E-state index in [2.05, 4.69) is 20.3 Å². The average molecular weight is 264 g/mol. The summed E-state index contributed by atoms with van der Waals surface area (Å²) < 4.78 is 6.28. The zero-order valence-electron chi connectivity index (χ0n) is 10.0. The molecule has 0 aliphatic rings. The number of hydrogen-bond acceptors (Lipinski definition) is 6. The molecule has 7 heteroatoms. The highest BCUT2D eigenvalue weighted by Crippen LogP contribution is 2.20. The van der Waals surface area contributed by atoms with E-state index in [0.717, 1.165) is 10.7 Å². The molecule has 0 N–H and O–H groups in total. The lowest BCUT2D eigenvalue weighted by Crippen LogP contribution is -2.01. The van der Waals surface area contributed by atoms with Gasteiger partial charge in [0.25, 0.3) is 0 Å². The maximum absolute atomic E-state index is 11.4. The summed E-state index contributed by atoms with van der Waals surface area (Å²) >= 11 is 1.51. The third kappa shape index (κ3) is 2.86. The molecule has 2 rings (SSSR count). The molecule has 94 valence electrons. The molecule has 0 atom stereocenters. The monoisotopic (exact) mass is 264 g/mol. The van der Waals surface area contributed by atoms with Gasteiger partial charge in [-0.1, -0.05) is 23.9 Å². The second-order valence-electron chi connectivity index (χ2n) is 3.57. The Bertz CT molecular complexity index is 555. The summed E-state index contributed by atoms with van der Waals surface area (Å²) in [6.07, 6.45) is 0. The van der Waals surface area contributed by atoms with Crippen LogP contribution in [0.5, 0.6) is 0 Å². The molecule has 0 aliphatic carbocycles. The second-order valence-corrected chi connectivity index (χ2v) is 4.51. The Morgan fingerprint density at radius 1 is 1.50 bits per heavy atom. The lowest BCUT2D eigenvalue weighted by molar-refractivity contribution is 0.0600. The molecule has 0 spiro atoms. The Morgan fingerprint density at radius 3 is 3.00 bits per heavy atom. The summed E-state index contributed by atoms with van der Waals surface area (Å²) in [5.41, 5.74) is 1.57. The smallest absolute Gasteiger partial charge is 0.337 e. The van der Waals surface area contributed by atoms with Gasteiger partial charge < -0.3 is 4.74 Å². The number of hydrogen-bond donors (Lipinski definition) is 0. The minimum Gasteiger partial charge on any atom is -0.465 e. The van der Waals surface area contributed by atoms with Gasteiger partial charge in [0.1, 0.15) is 0 Å². The van der Waals surface area contributed by atoms with E-state index in [1.807, 2.05) is 18.2 Å². The first-order chi connectivity index (χ1) is 8.70. The van der Waals surface area contributed by atoms with E-state index in [9.17, 15) is 4.79 Å². The van der Waals surface area contributed by atoms with Crippen molar-refractivity contribution in [3.05, 3.63) is 35.4 Å². The molecule has 2 aromatic rings. The van der Waals surface area contributed by atoms with Crippen LogP contribution in [0.2, 0.25) is 0 Å². The van der Waals surface area contributed by atoms with Gasteiger partial charge in [0.05, 0.1) is 12.7 Å². The number of esters is 1. The van der Waals surface area contributed by atoms with Gasteiger partial charge in [-0.15, -0.1) is 5.10 Å². The Labute approximate surface area is 108 Å². The van der Waals surface area contributed by atoms with Crippen molar-refractivity contribution in [3.63, 3.8) is 0 Å². The Balaban J connectivity index is 2.06. The van der Waals surface area contributed by atoms with Crippen molar-refractivity contribution in [3.8, 4) is 0 Å². The van der Waals surface area contributed by atoms with Crippen molar-refractivity contribution in [1.29, 1.82) is 0 Å². The number of ether oxygens (including phenoxy) is 1. The third-order valence-electron chi connectivity index (χ3n) is 2.30. The number of tetrazole rings is 1. The molecule has 0 saturated heterocycles. The first-order valence-corrected chi connectivity index (χ1v) is 6.21. The lowest BCUT2D eigenvalue weighted by atomic mass is 10.1. The van der Waals surface area contributed by atoms with Crippen LogP contribution < -0.4 is 0 Å². The number of nitrogens with zero attached hydrogens (tertiary/aromatic N) is 4. The van der Waals surface area contributed by atoms with E-state index in [-0.39, 0.29) is 5.97 Å². The SMILES string of the molecule is COC(=O)c1cccc(CSc2nnnn2C)c1. The number of aryl methyl sites for hydroxylation is 1. The predicted molar refractivity (Wildman–Crippen MR) is 66.1 cm³/mol. The van der Waals surface area contributed by atoms with Crippen LogP contribution in [0.15, 0.2) is 29.4 Å². The highest BCUT2D eigenvalue weighted by Gasteiger charge is 2.07. The van der Waals surface area contributed by atoms with Gasteiger partial charge in [-0.05, 0) is 28.1 Å². The van der Waals surface area contributed by atoms with Crippen LogP contribution in [0.1, 0.15) is 15.9 Å². The molecule has 0 unspecified atom stereocenters. The molecule has 0 amide bonds. The second kappa shape index (κ2) is 5.63. The fourth-order valence-electron chi connectivity index (χ4n) is 1.40. The zero-order valence-corrected chi connectivity index (χ0v) is 10.8. The molecule has 1 aromatic heterocycles. The van der Waals surface area contributed by atoms with Crippen LogP contribution in [-0.4, -0.2) is 33.3 Å². The first-order valence-electron chi connectivity index (χ1n) is 5.23. The number of carbonyl (C=O) groups is 1. The molecule has 0 bridgehead atoms. The summed E-state index contributed by atoms with van der Waals surface area (Å²) in [4.78, 5) is 11.4. The van der Waals surface area contributed by atoms with Gasteiger partial charge in [0, 0.05) is 12.8 Å². The maximum atomic E-state index is 11.4. The molecule has 0 fully saturated rings. The molecule has 0 aliphatic heterocycles. The van der Waals surface area contributed by atoms with Crippen LogP contribution in [0.25, 0.3) is 0 Å². The predicted octanol–water partition coefficient (Wildman–Crippen LogP) is 1.29. The summed E-state index contributed by atoms with van der Waals surface area (Å²) in [5.74, 6) is 0.362. The van der Waals surface area contributed by atoms with Crippen molar-refractivity contribution < 1.29 is 9.53 Å². The molecular weight excluding hydrogens is 252 g/mol. The molecule has 6 nitrogen and oxygen atoms in total. The molecule has 0 radical (unpaired) electrons. The van der Waals surface area contributed by atoms with E-state index in [4.69, 9.17) is 0 Å². The highest BCUT2D eigenvalue weighted by atomic mass is 32.2. The fourth-order valence-corrected chi connectivity index (χ4v) is 2.19. The number of benzene rings is 1. The minimum absolute atomic E-state index is 0.331. The van der Waals surface area contributed by atoms with Crippen molar-refractivity contribution in [1.82, 2.24) is 20.2 Å². The van der Waals surface area contributed by atoms with E-state index in [1.165, 1.54) is 18.9 Å². The van der Waals surface area contributed by atoms with Crippen molar-refractivity contribution in [2.24, 2.45) is 7.05 Å². The normalized spacial score (nSPS) is 10.3. The van der Waals surface area contributed by atoms with Gasteiger partial charge >= 0.3 is 5.97 Å². The molecule has 1 aromatic carbocycles. The van der Waals surface area contributed by atoms with Crippen molar-refractivity contribution in [2.45, 2.75) is 10.9 Å². The van der Waals surface area contributed by atoms with Gasteiger partial charge in [-0.2, -0.15) is 0 Å². The number of thioether (sulfide) groups is 1. The standard InChI is InChI=1S/C11H12N4O2S/c1-15-11(12-13-14-15)18-7-8-4-3-5-9(6-8)10(16)17-2/h3-6H,7H2,1-2H3. The molecule has 18 heavy (non-hydrogen) atoms. The van der Waals surface area contributed by atoms with Gasteiger partial charge in [-0.25, -0.2) is 9.48 Å². The van der Waals surface area contributed by atoms with Gasteiger partial charge in [0.15, 0.2) is 0 Å². The largest absolute Gasteiger partial charge is 0.465 e. The Morgan fingerprint density at radius 2 is 2.33 bits per heavy atom. The van der Waals surface area contributed by atoms with E-state index in [1.54, 1.807) is 17.8 Å². The van der Waals surface area contributed by atoms with Crippen LogP contribution in [0.3, 0.4) is 0 Å². The van der Waals surface area contributed by atoms with Crippen LogP contribution in [-0.2, 0) is 17.5 Å². The fraction of sp³-hybridized carbons (Fsp3) is 0.273. The summed E-state index contributed by atoms with van der Waals surface area (Å²) in [6, 6.07) is 7.31. The third-order valence-corrected chi connectivity index (χ3v) is 3.38. The Kier molecular flexibility index (Phi) is 3.93. The van der Waals surface area contributed by atoms with E-state index in [0.29, 0.717) is 11.3 Å². The molecule has 1 heterocycles. The lowest BCUT2D eigenvalue weighted by Gasteiger charge is -2.03. The number of methoxy groups -OCH3 is 1. The maximum Gasteiger partial charge on any atom is 0.337 e. The van der Waals surface area contributed by atoms with Gasteiger partial charge in [0.2, 0.25) is 5.16 Å². The summed E-state index contributed by atoms with van der Waals surface area (Å²) in [7, 11) is 3.15. The quantitative estimate of drug-likeness (QED) is 0.612. The minimum atomic E-state index is -0.331.